The molecule has 2 aromatic heterocycles. The van der Waals surface area contributed by atoms with Crippen LogP contribution in [0.1, 0.15) is 17.4 Å². The lowest BCUT2D eigenvalue weighted by atomic mass is 10.1. The van der Waals surface area contributed by atoms with Gasteiger partial charge in [0.05, 0.1) is 16.8 Å². The van der Waals surface area contributed by atoms with E-state index in [-0.39, 0.29) is 6.04 Å². The Morgan fingerprint density at radius 1 is 1.33 bits per heavy atom. The molecule has 2 heterocycles. The van der Waals surface area contributed by atoms with Crippen LogP contribution in [-0.4, -0.2) is 17.0 Å². The molecule has 0 radical (unpaired) electrons. The van der Waals surface area contributed by atoms with Crippen LogP contribution in [0.3, 0.4) is 0 Å². The molecule has 0 aliphatic carbocycles. The molecule has 2 rings (SSSR count). The van der Waals surface area contributed by atoms with E-state index in [2.05, 4.69) is 31.2 Å². The van der Waals surface area contributed by atoms with E-state index in [1.807, 2.05) is 31.3 Å². The van der Waals surface area contributed by atoms with E-state index in [4.69, 9.17) is 11.6 Å². The van der Waals surface area contributed by atoms with Crippen molar-refractivity contribution in [2.45, 2.75) is 12.5 Å². The lowest BCUT2D eigenvalue weighted by molar-refractivity contribution is 0.569. The lowest BCUT2D eigenvalue weighted by Crippen LogP contribution is -2.20. The van der Waals surface area contributed by atoms with Gasteiger partial charge in [-0.15, -0.1) is 0 Å². The highest BCUT2D eigenvalue weighted by Crippen LogP contribution is 2.22. The summed E-state index contributed by atoms with van der Waals surface area (Å²) in [6, 6.07) is 7.72. The van der Waals surface area contributed by atoms with Crippen LogP contribution in [0.15, 0.2) is 41.1 Å². The van der Waals surface area contributed by atoms with Crippen molar-refractivity contribution in [3.63, 3.8) is 0 Å². The van der Waals surface area contributed by atoms with Crippen LogP contribution in [0.25, 0.3) is 0 Å². The van der Waals surface area contributed by atoms with Gasteiger partial charge >= 0.3 is 0 Å². The second-order valence-electron chi connectivity index (χ2n) is 3.88. The number of halogens is 2. The molecule has 1 N–H and O–H groups in total. The van der Waals surface area contributed by atoms with Crippen molar-refractivity contribution in [2.75, 3.05) is 7.05 Å². The molecule has 0 saturated heterocycles. The van der Waals surface area contributed by atoms with Gasteiger partial charge in [-0.25, -0.2) is 0 Å². The minimum Gasteiger partial charge on any atom is -0.311 e. The molecular formula is C13H13BrClN3. The zero-order valence-corrected chi connectivity index (χ0v) is 12.2. The van der Waals surface area contributed by atoms with Gasteiger partial charge in [0.25, 0.3) is 0 Å². The standard InChI is InChI=1S/C13H13BrClN3/c1-16-12(13-11(15)3-2-6-17-13)7-10-5-4-9(14)8-18-10/h2-6,8,12,16H,7H2,1H3. The first kappa shape index (κ1) is 13.5. The van der Waals surface area contributed by atoms with Gasteiger partial charge in [0.1, 0.15) is 0 Å². The Labute approximate surface area is 120 Å². The van der Waals surface area contributed by atoms with E-state index in [1.54, 1.807) is 12.4 Å². The highest BCUT2D eigenvalue weighted by Gasteiger charge is 2.15. The van der Waals surface area contributed by atoms with Crippen LogP contribution < -0.4 is 5.32 Å². The average molecular weight is 327 g/mol. The van der Waals surface area contributed by atoms with Gasteiger partial charge < -0.3 is 5.32 Å². The van der Waals surface area contributed by atoms with Crippen LogP contribution in [0.2, 0.25) is 5.02 Å². The summed E-state index contributed by atoms with van der Waals surface area (Å²) in [7, 11) is 1.90. The highest BCUT2D eigenvalue weighted by molar-refractivity contribution is 9.10. The van der Waals surface area contributed by atoms with Crippen molar-refractivity contribution < 1.29 is 0 Å². The average Bonchev–Trinajstić information content (AvgIpc) is 2.39. The highest BCUT2D eigenvalue weighted by atomic mass is 79.9. The van der Waals surface area contributed by atoms with Crippen LogP contribution in [0, 0.1) is 0 Å². The first-order valence-corrected chi connectivity index (χ1v) is 6.76. The third kappa shape index (κ3) is 3.28. The van der Waals surface area contributed by atoms with Gasteiger partial charge in [0.2, 0.25) is 0 Å². The molecule has 2 aromatic rings. The summed E-state index contributed by atoms with van der Waals surface area (Å²) < 4.78 is 0.975. The lowest BCUT2D eigenvalue weighted by Gasteiger charge is -2.16. The number of nitrogens with zero attached hydrogens (tertiary/aromatic N) is 2. The van der Waals surface area contributed by atoms with Crippen molar-refractivity contribution in [1.82, 2.24) is 15.3 Å². The molecule has 18 heavy (non-hydrogen) atoms. The molecule has 0 aromatic carbocycles. The molecule has 0 aliphatic rings. The second-order valence-corrected chi connectivity index (χ2v) is 5.21. The Morgan fingerprint density at radius 3 is 2.78 bits per heavy atom. The van der Waals surface area contributed by atoms with E-state index in [9.17, 15) is 0 Å². The summed E-state index contributed by atoms with van der Waals surface area (Å²) >= 11 is 9.53. The maximum atomic E-state index is 6.16. The smallest absolute Gasteiger partial charge is 0.0762 e. The van der Waals surface area contributed by atoms with Crippen LogP contribution in [0.4, 0.5) is 0 Å². The quantitative estimate of drug-likeness (QED) is 0.936. The summed E-state index contributed by atoms with van der Waals surface area (Å²) in [5, 5.41) is 3.90. The molecule has 94 valence electrons. The van der Waals surface area contributed by atoms with Crippen molar-refractivity contribution >= 4 is 27.5 Å². The Hall–Kier alpha value is -0.970. The predicted molar refractivity (Wildman–Crippen MR) is 76.7 cm³/mol. The van der Waals surface area contributed by atoms with Gasteiger partial charge in [0.15, 0.2) is 0 Å². The first-order valence-electron chi connectivity index (χ1n) is 5.59. The molecule has 0 saturated carbocycles. The minimum atomic E-state index is 0.0624. The van der Waals surface area contributed by atoms with Crippen LogP contribution in [-0.2, 0) is 6.42 Å². The topological polar surface area (TPSA) is 37.8 Å². The largest absolute Gasteiger partial charge is 0.311 e. The number of hydrogen-bond acceptors (Lipinski definition) is 3. The zero-order valence-electron chi connectivity index (χ0n) is 9.90. The zero-order chi connectivity index (χ0) is 13.0. The fourth-order valence-electron chi connectivity index (χ4n) is 1.73. The van der Waals surface area contributed by atoms with E-state index in [0.717, 1.165) is 22.3 Å². The van der Waals surface area contributed by atoms with Crippen molar-refractivity contribution in [3.05, 3.63) is 57.5 Å². The number of nitrogens with one attached hydrogen (secondary N) is 1. The molecule has 3 nitrogen and oxygen atoms in total. The van der Waals surface area contributed by atoms with Gasteiger partial charge in [-0.3, -0.25) is 9.97 Å². The molecule has 0 bridgehead atoms. The Bertz CT molecular complexity index is 516. The predicted octanol–water partition coefficient (Wildman–Crippen LogP) is 3.40. The van der Waals surface area contributed by atoms with E-state index >= 15 is 0 Å². The van der Waals surface area contributed by atoms with Gasteiger partial charge in [-0.05, 0) is 47.2 Å². The normalized spacial score (nSPS) is 12.4. The van der Waals surface area contributed by atoms with E-state index in [0.29, 0.717) is 5.02 Å². The summed E-state index contributed by atoms with van der Waals surface area (Å²) in [6.07, 6.45) is 4.29. The van der Waals surface area contributed by atoms with Crippen LogP contribution in [0.5, 0.6) is 0 Å². The summed E-state index contributed by atoms with van der Waals surface area (Å²) in [5.74, 6) is 0. The SMILES string of the molecule is CNC(Cc1ccc(Br)cn1)c1ncccc1Cl. The van der Waals surface area contributed by atoms with Gasteiger partial charge in [0, 0.05) is 29.0 Å². The van der Waals surface area contributed by atoms with Crippen molar-refractivity contribution in [2.24, 2.45) is 0 Å². The first-order chi connectivity index (χ1) is 8.70. The minimum absolute atomic E-state index is 0.0624. The monoisotopic (exact) mass is 325 g/mol. The van der Waals surface area contributed by atoms with Gasteiger partial charge in [-0.1, -0.05) is 11.6 Å². The number of rotatable bonds is 4. The number of hydrogen-bond donors (Lipinski definition) is 1. The fourth-order valence-corrected chi connectivity index (χ4v) is 2.21. The molecular weight excluding hydrogens is 314 g/mol. The maximum absolute atomic E-state index is 6.16. The molecule has 1 atom stereocenters. The van der Waals surface area contributed by atoms with Gasteiger partial charge in [-0.2, -0.15) is 0 Å². The Balaban J connectivity index is 2.20. The number of likely N-dealkylation sites (N-methyl/N-ethyl adjacent to an activating group) is 1. The number of aromatic nitrogens is 2. The summed E-state index contributed by atoms with van der Waals surface area (Å²) in [5.41, 5.74) is 1.85. The molecule has 0 spiro atoms. The van der Waals surface area contributed by atoms with Crippen molar-refractivity contribution in [1.29, 1.82) is 0 Å². The van der Waals surface area contributed by atoms with E-state index in [1.165, 1.54) is 0 Å². The second kappa shape index (κ2) is 6.27. The Morgan fingerprint density at radius 2 is 2.17 bits per heavy atom. The van der Waals surface area contributed by atoms with E-state index < -0.39 is 0 Å². The molecule has 0 aliphatic heterocycles. The molecule has 1 unspecified atom stereocenters. The fraction of sp³-hybridized carbons (Fsp3) is 0.231. The summed E-state index contributed by atoms with van der Waals surface area (Å²) in [6.45, 7) is 0. The third-order valence-corrected chi connectivity index (χ3v) is 3.46. The summed E-state index contributed by atoms with van der Waals surface area (Å²) in [4.78, 5) is 8.70. The molecule has 5 heteroatoms. The third-order valence-electron chi connectivity index (χ3n) is 2.67. The number of pyridine rings is 2. The Kier molecular flexibility index (Phi) is 4.69. The molecule has 0 amide bonds. The maximum Gasteiger partial charge on any atom is 0.0762 e. The van der Waals surface area contributed by atoms with Crippen molar-refractivity contribution in [3.8, 4) is 0 Å². The molecule has 0 fully saturated rings. The van der Waals surface area contributed by atoms with Crippen LogP contribution >= 0.6 is 27.5 Å².